The molecule has 0 aliphatic heterocycles. The van der Waals surface area contributed by atoms with Gasteiger partial charge in [-0.2, -0.15) is 0 Å². The third kappa shape index (κ3) is 2.41. The predicted molar refractivity (Wildman–Crippen MR) is 73.6 cm³/mol. The molecule has 1 N–H and O–H groups in total. The molecule has 2 rings (SSSR count). The van der Waals surface area contributed by atoms with Crippen LogP contribution >= 0.6 is 0 Å². The van der Waals surface area contributed by atoms with Crippen LogP contribution < -0.4 is 5.32 Å². The largest absolute Gasteiger partial charge is 0.309 e. The molecule has 0 spiro atoms. The number of hydrogen-bond acceptors (Lipinski definition) is 3. The molecule has 1 heterocycles. The summed E-state index contributed by atoms with van der Waals surface area (Å²) >= 11 is 0. The van der Waals surface area contributed by atoms with Gasteiger partial charge in [0.2, 0.25) is 0 Å². The van der Waals surface area contributed by atoms with Crippen molar-refractivity contribution in [3.05, 3.63) is 58.7 Å². The van der Waals surface area contributed by atoms with Crippen molar-refractivity contribution in [2.75, 3.05) is 7.05 Å². The molecule has 0 bridgehead atoms. The van der Waals surface area contributed by atoms with Gasteiger partial charge in [-0.1, -0.05) is 12.1 Å². The first-order valence-electron chi connectivity index (χ1n) is 6.13. The normalized spacial score (nSPS) is 12.4. The van der Waals surface area contributed by atoms with E-state index in [0.29, 0.717) is 0 Å². The zero-order valence-corrected chi connectivity index (χ0v) is 11.4. The van der Waals surface area contributed by atoms with Gasteiger partial charge < -0.3 is 5.32 Å². The van der Waals surface area contributed by atoms with E-state index in [4.69, 9.17) is 0 Å². The number of nitrogens with one attached hydrogen (secondary N) is 1. The van der Waals surface area contributed by atoms with Crippen LogP contribution in [-0.4, -0.2) is 17.0 Å². The lowest BCUT2D eigenvalue weighted by molar-refractivity contribution is 0.679. The maximum absolute atomic E-state index is 4.10. The number of benzene rings is 1. The van der Waals surface area contributed by atoms with Crippen molar-refractivity contribution >= 4 is 0 Å². The molecule has 0 amide bonds. The van der Waals surface area contributed by atoms with Crippen molar-refractivity contribution in [1.82, 2.24) is 15.3 Å². The first kappa shape index (κ1) is 12.7. The van der Waals surface area contributed by atoms with Crippen LogP contribution in [0.3, 0.4) is 0 Å². The number of hydrogen-bond donors (Lipinski definition) is 1. The Hall–Kier alpha value is -1.74. The topological polar surface area (TPSA) is 37.8 Å². The van der Waals surface area contributed by atoms with Crippen molar-refractivity contribution in [2.45, 2.75) is 26.8 Å². The number of aromatic nitrogens is 2. The van der Waals surface area contributed by atoms with Crippen LogP contribution in [0.5, 0.6) is 0 Å². The molecular formula is C15H19N3. The second kappa shape index (κ2) is 5.27. The quantitative estimate of drug-likeness (QED) is 0.897. The summed E-state index contributed by atoms with van der Waals surface area (Å²) < 4.78 is 0. The molecule has 0 saturated heterocycles. The minimum Gasteiger partial charge on any atom is -0.309 e. The summed E-state index contributed by atoms with van der Waals surface area (Å²) in [6, 6.07) is 4.63. The maximum Gasteiger partial charge on any atom is 0.115 e. The highest BCUT2D eigenvalue weighted by atomic mass is 14.9. The van der Waals surface area contributed by atoms with Crippen LogP contribution in [0.15, 0.2) is 30.9 Å². The third-order valence-corrected chi connectivity index (χ3v) is 3.40. The smallest absolute Gasteiger partial charge is 0.115 e. The monoisotopic (exact) mass is 241 g/mol. The molecule has 94 valence electrons. The van der Waals surface area contributed by atoms with Gasteiger partial charge in [-0.25, -0.2) is 9.97 Å². The van der Waals surface area contributed by atoms with E-state index in [1.165, 1.54) is 22.3 Å². The van der Waals surface area contributed by atoms with Crippen LogP contribution in [0.2, 0.25) is 0 Å². The van der Waals surface area contributed by atoms with E-state index in [9.17, 15) is 0 Å². The molecule has 1 aromatic carbocycles. The van der Waals surface area contributed by atoms with Gasteiger partial charge in [0.05, 0.1) is 6.04 Å². The standard InChI is InChI=1S/C15H19N3/c1-10-5-12(3)14(6-11(10)2)15(16-4)13-7-17-9-18-8-13/h5-9,15-16H,1-4H3. The number of rotatable bonds is 3. The SMILES string of the molecule is CNC(c1cncnc1)c1cc(C)c(C)cc1C. The molecule has 3 nitrogen and oxygen atoms in total. The Balaban J connectivity index is 2.49. The Morgan fingerprint density at radius 1 is 0.944 bits per heavy atom. The van der Waals surface area contributed by atoms with Gasteiger partial charge in [-0.15, -0.1) is 0 Å². The van der Waals surface area contributed by atoms with E-state index < -0.39 is 0 Å². The van der Waals surface area contributed by atoms with Gasteiger partial charge in [0.25, 0.3) is 0 Å². The van der Waals surface area contributed by atoms with Gasteiger partial charge >= 0.3 is 0 Å². The summed E-state index contributed by atoms with van der Waals surface area (Å²) in [6.07, 6.45) is 5.29. The minimum atomic E-state index is 0.144. The summed E-state index contributed by atoms with van der Waals surface area (Å²) in [7, 11) is 1.96. The van der Waals surface area contributed by atoms with E-state index in [1.807, 2.05) is 19.4 Å². The molecule has 18 heavy (non-hydrogen) atoms. The van der Waals surface area contributed by atoms with E-state index in [-0.39, 0.29) is 6.04 Å². The Kier molecular flexibility index (Phi) is 3.72. The number of aryl methyl sites for hydroxylation is 3. The van der Waals surface area contributed by atoms with Gasteiger partial charge in [0.1, 0.15) is 6.33 Å². The van der Waals surface area contributed by atoms with E-state index in [2.05, 4.69) is 48.2 Å². The Morgan fingerprint density at radius 3 is 2.17 bits per heavy atom. The summed E-state index contributed by atoms with van der Waals surface area (Å²) in [5.74, 6) is 0. The molecule has 0 aliphatic rings. The molecule has 3 heteroatoms. The summed E-state index contributed by atoms with van der Waals surface area (Å²) in [5.41, 5.74) is 6.31. The lowest BCUT2D eigenvalue weighted by Crippen LogP contribution is -2.19. The summed E-state index contributed by atoms with van der Waals surface area (Å²) in [4.78, 5) is 8.20. The van der Waals surface area contributed by atoms with Crippen LogP contribution in [0.25, 0.3) is 0 Å². The molecule has 1 unspecified atom stereocenters. The zero-order valence-electron chi connectivity index (χ0n) is 11.4. The fourth-order valence-electron chi connectivity index (χ4n) is 2.26. The van der Waals surface area contributed by atoms with E-state index >= 15 is 0 Å². The first-order chi connectivity index (χ1) is 8.63. The summed E-state index contributed by atoms with van der Waals surface area (Å²) in [5, 5.41) is 3.34. The molecule has 1 atom stereocenters. The van der Waals surface area contributed by atoms with Crippen molar-refractivity contribution in [1.29, 1.82) is 0 Å². The van der Waals surface area contributed by atoms with Gasteiger partial charge in [0.15, 0.2) is 0 Å². The van der Waals surface area contributed by atoms with Crippen LogP contribution in [-0.2, 0) is 0 Å². The molecule has 1 aromatic heterocycles. The molecule has 0 saturated carbocycles. The van der Waals surface area contributed by atoms with Gasteiger partial charge in [-0.05, 0) is 50.1 Å². The Morgan fingerprint density at radius 2 is 1.56 bits per heavy atom. The summed E-state index contributed by atoms with van der Waals surface area (Å²) in [6.45, 7) is 6.44. The van der Waals surface area contributed by atoms with Gasteiger partial charge in [0, 0.05) is 18.0 Å². The van der Waals surface area contributed by atoms with Crippen LogP contribution in [0.4, 0.5) is 0 Å². The highest BCUT2D eigenvalue weighted by molar-refractivity contribution is 5.41. The van der Waals surface area contributed by atoms with Crippen molar-refractivity contribution in [3.63, 3.8) is 0 Å². The lowest BCUT2D eigenvalue weighted by Gasteiger charge is -2.20. The van der Waals surface area contributed by atoms with E-state index in [0.717, 1.165) is 5.56 Å². The van der Waals surface area contributed by atoms with Crippen molar-refractivity contribution < 1.29 is 0 Å². The molecule has 0 aliphatic carbocycles. The second-order valence-corrected chi connectivity index (χ2v) is 4.69. The zero-order chi connectivity index (χ0) is 13.1. The van der Waals surface area contributed by atoms with Crippen molar-refractivity contribution in [2.24, 2.45) is 0 Å². The average Bonchev–Trinajstić information content (AvgIpc) is 2.38. The highest BCUT2D eigenvalue weighted by Crippen LogP contribution is 2.26. The van der Waals surface area contributed by atoms with Crippen LogP contribution in [0.1, 0.15) is 33.9 Å². The first-order valence-corrected chi connectivity index (χ1v) is 6.13. The lowest BCUT2D eigenvalue weighted by atomic mass is 9.93. The van der Waals surface area contributed by atoms with Gasteiger partial charge in [-0.3, -0.25) is 0 Å². The molecule has 0 radical (unpaired) electrons. The Labute approximate surface area is 108 Å². The molecule has 2 aromatic rings. The predicted octanol–water partition coefficient (Wildman–Crippen LogP) is 2.71. The molecular weight excluding hydrogens is 222 g/mol. The fraction of sp³-hybridized carbons (Fsp3) is 0.333. The molecule has 0 fully saturated rings. The second-order valence-electron chi connectivity index (χ2n) is 4.69. The minimum absolute atomic E-state index is 0.144. The van der Waals surface area contributed by atoms with E-state index in [1.54, 1.807) is 6.33 Å². The fourth-order valence-corrected chi connectivity index (χ4v) is 2.26. The van der Waals surface area contributed by atoms with Crippen molar-refractivity contribution in [3.8, 4) is 0 Å². The highest BCUT2D eigenvalue weighted by Gasteiger charge is 2.15. The number of nitrogens with zero attached hydrogens (tertiary/aromatic N) is 2. The third-order valence-electron chi connectivity index (χ3n) is 3.40. The van der Waals surface area contributed by atoms with Crippen LogP contribution in [0, 0.1) is 20.8 Å². The maximum atomic E-state index is 4.10. The Bertz CT molecular complexity index is 535. The average molecular weight is 241 g/mol.